The monoisotopic (exact) mass is 357 g/mol. The number of ether oxygens (including phenoxy) is 3. The highest BCUT2D eigenvalue weighted by Gasteiger charge is 2.20. The molecule has 0 bridgehead atoms. The summed E-state index contributed by atoms with van der Waals surface area (Å²) in [5, 5.41) is 2.90. The Labute approximate surface area is 153 Å². The lowest BCUT2D eigenvalue weighted by molar-refractivity contribution is -0.141. The molecule has 0 aliphatic heterocycles. The van der Waals surface area contributed by atoms with Crippen molar-refractivity contribution < 1.29 is 23.8 Å². The Kier molecular flexibility index (Phi) is 7.02. The Balaban J connectivity index is 2.20. The van der Waals surface area contributed by atoms with Gasteiger partial charge in [0.25, 0.3) is 0 Å². The molecule has 0 unspecified atom stereocenters. The van der Waals surface area contributed by atoms with Gasteiger partial charge in [0.2, 0.25) is 5.91 Å². The first-order valence-electron chi connectivity index (χ1n) is 8.19. The van der Waals surface area contributed by atoms with Crippen molar-refractivity contribution in [1.82, 2.24) is 5.32 Å². The van der Waals surface area contributed by atoms with Gasteiger partial charge in [-0.1, -0.05) is 36.4 Å². The molecule has 0 aromatic heterocycles. The Morgan fingerprint density at radius 1 is 0.962 bits per heavy atom. The molecular formula is C20H23NO5. The molecule has 2 rings (SSSR count). The highest BCUT2D eigenvalue weighted by Crippen LogP contribution is 2.31. The summed E-state index contributed by atoms with van der Waals surface area (Å²) < 4.78 is 15.3. The maximum Gasteiger partial charge on any atom is 0.307 e. The van der Waals surface area contributed by atoms with E-state index in [0.717, 1.165) is 11.1 Å². The molecule has 0 aliphatic carbocycles. The summed E-state index contributed by atoms with van der Waals surface area (Å²) in [4.78, 5) is 24.2. The summed E-state index contributed by atoms with van der Waals surface area (Å²) in [6.07, 6.45) is 0.248. The van der Waals surface area contributed by atoms with Crippen molar-refractivity contribution in [1.29, 1.82) is 0 Å². The summed E-state index contributed by atoms with van der Waals surface area (Å²) in [7, 11) is 4.40. The first-order valence-corrected chi connectivity index (χ1v) is 8.19. The predicted octanol–water partition coefficient (Wildman–Crippen LogP) is 2.67. The van der Waals surface area contributed by atoms with Gasteiger partial charge in [-0.25, -0.2) is 0 Å². The summed E-state index contributed by atoms with van der Waals surface area (Å²) in [5.74, 6) is 0.505. The first kappa shape index (κ1) is 19.3. The highest BCUT2D eigenvalue weighted by atomic mass is 16.5. The fourth-order valence-corrected chi connectivity index (χ4v) is 2.60. The number of esters is 1. The van der Waals surface area contributed by atoms with Gasteiger partial charge in [-0.05, 0) is 23.3 Å². The topological polar surface area (TPSA) is 73.9 Å². The lowest BCUT2D eigenvalue weighted by Gasteiger charge is -2.20. The largest absolute Gasteiger partial charge is 0.493 e. The van der Waals surface area contributed by atoms with Crippen LogP contribution in [0.1, 0.15) is 23.6 Å². The molecule has 2 aromatic rings. The first-order chi connectivity index (χ1) is 12.6. The van der Waals surface area contributed by atoms with Crippen LogP contribution in [0.3, 0.4) is 0 Å². The SMILES string of the molecule is COC(=O)C[C@@H](NC(=O)Cc1ccccc1)c1ccc(OC)c(OC)c1. The van der Waals surface area contributed by atoms with E-state index in [2.05, 4.69) is 5.32 Å². The molecular weight excluding hydrogens is 334 g/mol. The van der Waals surface area contributed by atoms with E-state index in [9.17, 15) is 9.59 Å². The molecule has 1 N–H and O–H groups in total. The zero-order chi connectivity index (χ0) is 18.9. The Morgan fingerprint density at radius 3 is 2.27 bits per heavy atom. The molecule has 0 heterocycles. The van der Waals surface area contributed by atoms with Crippen molar-refractivity contribution in [2.24, 2.45) is 0 Å². The molecule has 0 saturated heterocycles. The van der Waals surface area contributed by atoms with Crippen LogP contribution in [0.15, 0.2) is 48.5 Å². The molecule has 2 aromatic carbocycles. The zero-order valence-electron chi connectivity index (χ0n) is 15.2. The minimum atomic E-state index is -0.529. The van der Waals surface area contributed by atoms with E-state index in [4.69, 9.17) is 14.2 Å². The van der Waals surface area contributed by atoms with Gasteiger partial charge in [-0.15, -0.1) is 0 Å². The minimum absolute atomic E-state index is 0.0203. The smallest absolute Gasteiger partial charge is 0.307 e. The van der Waals surface area contributed by atoms with Crippen LogP contribution in [-0.2, 0) is 20.7 Å². The number of methoxy groups -OCH3 is 3. The number of hydrogen-bond acceptors (Lipinski definition) is 5. The number of carbonyl (C=O) groups excluding carboxylic acids is 2. The van der Waals surface area contributed by atoms with Gasteiger partial charge < -0.3 is 19.5 Å². The van der Waals surface area contributed by atoms with Crippen molar-refractivity contribution >= 4 is 11.9 Å². The second kappa shape index (κ2) is 9.46. The number of hydrogen-bond donors (Lipinski definition) is 1. The minimum Gasteiger partial charge on any atom is -0.493 e. The van der Waals surface area contributed by atoms with Crippen LogP contribution in [0, 0.1) is 0 Å². The molecule has 26 heavy (non-hydrogen) atoms. The summed E-state index contributed by atoms with van der Waals surface area (Å²) >= 11 is 0. The number of amides is 1. The van der Waals surface area contributed by atoms with E-state index in [0.29, 0.717) is 11.5 Å². The van der Waals surface area contributed by atoms with Gasteiger partial charge in [-0.3, -0.25) is 9.59 Å². The average Bonchev–Trinajstić information content (AvgIpc) is 2.67. The molecule has 0 radical (unpaired) electrons. The quantitative estimate of drug-likeness (QED) is 0.735. The molecule has 1 amide bonds. The van der Waals surface area contributed by atoms with E-state index in [-0.39, 0.29) is 18.7 Å². The van der Waals surface area contributed by atoms with Crippen LogP contribution in [0.25, 0.3) is 0 Å². The van der Waals surface area contributed by atoms with Crippen LogP contribution >= 0.6 is 0 Å². The summed E-state index contributed by atoms with van der Waals surface area (Å²) in [5.41, 5.74) is 1.63. The molecule has 0 aliphatic rings. The van der Waals surface area contributed by atoms with Crippen LogP contribution in [-0.4, -0.2) is 33.2 Å². The Morgan fingerprint density at radius 2 is 1.65 bits per heavy atom. The molecule has 6 heteroatoms. The van der Waals surface area contributed by atoms with Gasteiger partial charge in [-0.2, -0.15) is 0 Å². The normalized spacial score (nSPS) is 11.3. The van der Waals surface area contributed by atoms with Crippen molar-refractivity contribution in [3.8, 4) is 11.5 Å². The van der Waals surface area contributed by atoms with Crippen molar-refractivity contribution in [2.75, 3.05) is 21.3 Å². The van der Waals surface area contributed by atoms with Crippen LogP contribution in [0.2, 0.25) is 0 Å². The molecule has 0 spiro atoms. The van der Waals surface area contributed by atoms with Gasteiger partial charge in [0.1, 0.15) is 0 Å². The fraction of sp³-hybridized carbons (Fsp3) is 0.300. The third-order valence-corrected chi connectivity index (χ3v) is 3.95. The zero-order valence-corrected chi connectivity index (χ0v) is 15.2. The maximum absolute atomic E-state index is 12.4. The van der Waals surface area contributed by atoms with E-state index in [1.165, 1.54) is 14.2 Å². The predicted molar refractivity (Wildman–Crippen MR) is 97.2 cm³/mol. The summed E-state index contributed by atoms with van der Waals surface area (Å²) in [6.45, 7) is 0. The standard InChI is InChI=1S/C20H23NO5/c1-24-17-10-9-15(12-18(17)25-2)16(13-20(23)26-3)21-19(22)11-14-7-5-4-6-8-14/h4-10,12,16H,11,13H2,1-3H3,(H,21,22)/t16-/m1/s1. The lowest BCUT2D eigenvalue weighted by Crippen LogP contribution is -2.31. The maximum atomic E-state index is 12.4. The van der Waals surface area contributed by atoms with Crippen molar-refractivity contribution in [2.45, 2.75) is 18.9 Å². The second-order valence-corrected chi connectivity index (χ2v) is 5.68. The third-order valence-electron chi connectivity index (χ3n) is 3.95. The van der Waals surface area contributed by atoms with Crippen LogP contribution < -0.4 is 14.8 Å². The molecule has 138 valence electrons. The third kappa shape index (κ3) is 5.24. The Bertz CT molecular complexity index is 745. The number of carbonyl (C=O) groups is 2. The Hall–Kier alpha value is -3.02. The van der Waals surface area contributed by atoms with Gasteiger partial charge >= 0.3 is 5.97 Å². The van der Waals surface area contributed by atoms with Gasteiger partial charge in [0, 0.05) is 0 Å². The molecule has 1 atom stereocenters. The number of rotatable bonds is 8. The van der Waals surface area contributed by atoms with Crippen LogP contribution in [0.4, 0.5) is 0 Å². The fourth-order valence-electron chi connectivity index (χ4n) is 2.60. The summed E-state index contributed by atoms with van der Waals surface area (Å²) in [6, 6.07) is 14.2. The van der Waals surface area contributed by atoms with E-state index in [1.54, 1.807) is 25.3 Å². The second-order valence-electron chi connectivity index (χ2n) is 5.68. The molecule has 0 fully saturated rings. The van der Waals surface area contributed by atoms with Crippen molar-refractivity contribution in [3.05, 3.63) is 59.7 Å². The van der Waals surface area contributed by atoms with E-state index >= 15 is 0 Å². The number of nitrogens with one attached hydrogen (secondary N) is 1. The molecule has 0 saturated carbocycles. The van der Waals surface area contributed by atoms with Crippen LogP contribution in [0.5, 0.6) is 11.5 Å². The van der Waals surface area contributed by atoms with Gasteiger partial charge in [0.05, 0.1) is 40.2 Å². The highest BCUT2D eigenvalue weighted by molar-refractivity contribution is 5.80. The molecule has 6 nitrogen and oxygen atoms in total. The van der Waals surface area contributed by atoms with E-state index < -0.39 is 12.0 Å². The van der Waals surface area contributed by atoms with E-state index in [1.807, 2.05) is 30.3 Å². The lowest BCUT2D eigenvalue weighted by atomic mass is 10.0. The van der Waals surface area contributed by atoms with Crippen molar-refractivity contribution in [3.63, 3.8) is 0 Å². The average molecular weight is 357 g/mol. The number of benzene rings is 2. The van der Waals surface area contributed by atoms with Gasteiger partial charge in [0.15, 0.2) is 11.5 Å².